The van der Waals surface area contributed by atoms with Gasteiger partial charge in [-0.2, -0.15) is 0 Å². The Balaban J connectivity index is 1.56. The van der Waals surface area contributed by atoms with E-state index in [1.807, 2.05) is 4.90 Å². The van der Waals surface area contributed by atoms with Crippen LogP contribution >= 0.6 is 0 Å². The molecular weight excluding hydrogens is 240 g/mol. The minimum atomic E-state index is 0.165. The van der Waals surface area contributed by atoms with Crippen LogP contribution in [0, 0.1) is 11.3 Å². The van der Waals surface area contributed by atoms with Crippen molar-refractivity contribution in [1.82, 2.24) is 9.80 Å². The van der Waals surface area contributed by atoms with Crippen molar-refractivity contribution in [2.75, 3.05) is 46.4 Å². The van der Waals surface area contributed by atoms with Crippen molar-refractivity contribution in [3.05, 3.63) is 0 Å². The maximum Gasteiger partial charge on any atom is 0.248 e. The maximum atomic E-state index is 11.9. The smallest absolute Gasteiger partial charge is 0.248 e. The molecule has 1 saturated carbocycles. The molecule has 0 aromatic rings. The lowest BCUT2D eigenvalue weighted by atomic mass is 9.79. The van der Waals surface area contributed by atoms with Crippen molar-refractivity contribution >= 4 is 5.91 Å². The third kappa shape index (κ3) is 3.11. The number of amides is 1. The summed E-state index contributed by atoms with van der Waals surface area (Å²) in [5.41, 5.74) is 0.385. The normalized spacial score (nSPS) is 32.2. The number of hydrogen-bond donors (Lipinski definition) is 0. The van der Waals surface area contributed by atoms with Crippen LogP contribution in [-0.2, 0) is 9.53 Å². The van der Waals surface area contributed by atoms with Crippen LogP contribution in [0.3, 0.4) is 0 Å². The quantitative estimate of drug-likeness (QED) is 0.770. The molecule has 1 amide bonds. The molecule has 4 heteroatoms. The van der Waals surface area contributed by atoms with E-state index >= 15 is 0 Å². The molecule has 3 aliphatic rings. The minimum Gasteiger partial charge on any atom is -0.375 e. The van der Waals surface area contributed by atoms with E-state index in [1.54, 1.807) is 7.11 Å². The summed E-state index contributed by atoms with van der Waals surface area (Å²) in [6.07, 6.45) is 6.65. The Morgan fingerprint density at radius 1 is 1.26 bits per heavy atom. The van der Waals surface area contributed by atoms with E-state index in [2.05, 4.69) is 4.90 Å². The first-order valence-electron chi connectivity index (χ1n) is 7.70. The first kappa shape index (κ1) is 13.4. The molecule has 0 bridgehead atoms. The summed E-state index contributed by atoms with van der Waals surface area (Å²) < 4.78 is 4.97. The number of rotatable bonds is 4. The highest BCUT2D eigenvalue weighted by molar-refractivity contribution is 5.77. The first-order valence-corrected chi connectivity index (χ1v) is 7.70. The average molecular weight is 266 g/mol. The summed E-state index contributed by atoms with van der Waals surface area (Å²) in [5, 5.41) is 0. The second kappa shape index (κ2) is 5.41. The van der Waals surface area contributed by atoms with Crippen molar-refractivity contribution in [3.63, 3.8) is 0 Å². The third-order valence-electron chi connectivity index (χ3n) is 5.01. The highest BCUT2D eigenvalue weighted by Crippen LogP contribution is 2.40. The summed E-state index contributed by atoms with van der Waals surface area (Å²) >= 11 is 0. The largest absolute Gasteiger partial charge is 0.375 e. The lowest BCUT2D eigenvalue weighted by Crippen LogP contribution is -2.46. The second-order valence-electron chi connectivity index (χ2n) is 6.78. The van der Waals surface area contributed by atoms with Gasteiger partial charge in [0.15, 0.2) is 0 Å². The Morgan fingerprint density at radius 3 is 2.84 bits per heavy atom. The van der Waals surface area contributed by atoms with E-state index in [0.29, 0.717) is 5.41 Å². The zero-order valence-electron chi connectivity index (χ0n) is 12.1. The van der Waals surface area contributed by atoms with Crippen LogP contribution in [0.4, 0.5) is 0 Å². The van der Waals surface area contributed by atoms with Crippen LogP contribution < -0.4 is 0 Å². The van der Waals surface area contributed by atoms with Crippen molar-refractivity contribution in [3.8, 4) is 0 Å². The predicted octanol–water partition coefficient (Wildman–Crippen LogP) is 1.36. The molecule has 19 heavy (non-hydrogen) atoms. The number of carbonyl (C=O) groups excluding carboxylic acids is 1. The number of nitrogens with zero attached hydrogens (tertiary/aromatic N) is 2. The van der Waals surface area contributed by atoms with Crippen molar-refractivity contribution in [2.24, 2.45) is 11.3 Å². The van der Waals surface area contributed by atoms with Crippen molar-refractivity contribution in [2.45, 2.75) is 32.1 Å². The van der Waals surface area contributed by atoms with Gasteiger partial charge in [-0.25, -0.2) is 0 Å². The highest BCUT2D eigenvalue weighted by Gasteiger charge is 2.43. The molecule has 0 aromatic carbocycles. The molecule has 1 atom stereocenters. The van der Waals surface area contributed by atoms with Gasteiger partial charge in [-0.15, -0.1) is 0 Å². The summed E-state index contributed by atoms with van der Waals surface area (Å²) in [7, 11) is 1.60. The van der Waals surface area contributed by atoms with Crippen LogP contribution in [0.5, 0.6) is 0 Å². The molecule has 0 radical (unpaired) electrons. The van der Waals surface area contributed by atoms with Gasteiger partial charge in [0, 0.05) is 38.7 Å². The van der Waals surface area contributed by atoms with E-state index in [0.717, 1.165) is 19.0 Å². The van der Waals surface area contributed by atoms with Gasteiger partial charge in [0.1, 0.15) is 6.61 Å². The first-order chi connectivity index (χ1) is 9.21. The van der Waals surface area contributed by atoms with Crippen molar-refractivity contribution < 1.29 is 9.53 Å². The van der Waals surface area contributed by atoms with E-state index in [1.165, 1.54) is 51.7 Å². The molecule has 3 fully saturated rings. The van der Waals surface area contributed by atoms with Gasteiger partial charge in [-0.3, -0.25) is 4.79 Å². The number of hydrogen-bond acceptors (Lipinski definition) is 3. The highest BCUT2D eigenvalue weighted by atomic mass is 16.5. The zero-order valence-corrected chi connectivity index (χ0v) is 12.1. The summed E-state index contributed by atoms with van der Waals surface area (Å²) in [4.78, 5) is 16.6. The van der Waals surface area contributed by atoms with Crippen LogP contribution in [0.1, 0.15) is 32.1 Å². The summed E-state index contributed by atoms with van der Waals surface area (Å²) in [6.45, 7) is 5.90. The fourth-order valence-corrected chi connectivity index (χ4v) is 3.83. The SMILES string of the molecule is COCC(=O)N1CC[C@@]2(CCCN(CC3CC3)C2)C1. The van der Waals surface area contributed by atoms with Gasteiger partial charge in [-0.1, -0.05) is 0 Å². The molecule has 4 nitrogen and oxygen atoms in total. The van der Waals surface area contributed by atoms with Crippen LogP contribution in [0.25, 0.3) is 0 Å². The number of likely N-dealkylation sites (tertiary alicyclic amines) is 2. The van der Waals surface area contributed by atoms with Gasteiger partial charge in [-0.05, 0) is 44.6 Å². The number of carbonyl (C=O) groups is 1. The lowest BCUT2D eigenvalue weighted by molar-refractivity contribution is -0.134. The summed E-state index contributed by atoms with van der Waals surface area (Å²) in [5.74, 6) is 1.14. The van der Waals surface area contributed by atoms with E-state index in [9.17, 15) is 4.79 Å². The average Bonchev–Trinajstić information content (AvgIpc) is 3.11. The number of ether oxygens (including phenoxy) is 1. The van der Waals surface area contributed by atoms with Crippen LogP contribution in [0.2, 0.25) is 0 Å². The molecule has 2 saturated heterocycles. The van der Waals surface area contributed by atoms with Gasteiger partial charge >= 0.3 is 0 Å². The molecule has 0 N–H and O–H groups in total. The molecule has 108 valence electrons. The van der Waals surface area contributed by atoms with Gasteiger partial charge in [0.05, 0.1) is 0 Å². The predicted molar refractivity (Wildman–Crippen MR) is 73.9 cm³/mol. The molecule has 2 heterocycles. The Kier molecular flexibility index (Phi) is 3.81. The molecule has 0 aromatic heterocycles. The molecule has 3 rings (SSSR count). The van der Waals surface area contributed by atoms with Gasteiger partial charge in [0.25, 0.3) is 0 Å². The molecule has 2 aliphatic heterocycles. The van der Waals surface area contributed by atoms with E-state index in [-0.39, 0.29) is 12.5 Å². The lowest BCUT2D eigenvalue weighted by Gasteiger charge is -2.40. The Morgan fingerprint density at radius 2 is 2.11 bits per heavy atom. The third-order valence-corrected chi connectivity index (χ3v) is 5.01. The second-order valence-corrected chi connectivity index (χ2v) is 6.78. The van der Waals surface area contributed by atoms with E-state index in [4.69, 9.17) is 4.74 Å². The minimum absolute atomic E-state index is 0.165. The molecule has 1 spiro atoms. The monoisotopic (exact) mass is 266 g/mol. The number of piperidine rings is 1. The fraction of sp³-hybridized carbons (Fsp3) is 0.933. The van der Waals surface area contributed by atoms with Gasteiger partial charge < -0.3 is 14.5 Å². The van der Waals surface area contributed by atoms with Crippen molar-refractivity contribution in [1.29, 1.82) is 0 Å². The zero-order chi connectivity index (χ0) is 13.3. The van der Waals surface area contributed by atoms with E-state index < -0.39 is 0 Å². The summed E-state index contributed by atoms with van der Waals surface area (Å²) in [6, 6.07) is 0. The molecule has 1 aliphatic carbocycles. The maximum absolute atomic E-state index is 11.9. The Hall–Kier alpha value is -0.610. The number of methoxy groups -OCH3 is 1. The topological polar surface area (TPSA) is 32.8 Å². The molecule has 0 unspecified atom stereocenters. The molecular formula is C15H26N2O2. The van der Waals surface area contributed by atoms with Crippen LogP contribution in [-0.4, -0.2) is 62.1 Å². The Bertz CT molecular complexity index is 343. The standard InChI is InChI=1S/C15H26N2O2/c1-19-10-14(18)17-8-6-15(12-17)5-2-7-16(11-15)9-13-3-4-13/h13H,2-12H2,1H3/t15-/m1/s1. The fourth-order valence-electron chi connectivity index (χ4n) is 3.83. The van der Waals surface area contributed by atoms with Gasteiger partial charge in [0.2, 0.25) is 5.91 Å². The Labute approximate surface area is 116 Å². The van der Waals surface area contributed by atoms with Crippen LogP contribution in [0.15, 0.2) is 0 Å².